The van der Waals surface area contributed by atoms with Gasteiger partial charge in [0.15, 0.2) is 5.78 Å². The van der Waals surface area contributed by atoms with Crippen LogP contribution in [0.5, 0.6) is 0 Å². The largest absolute Gasteiger partial charge is 0.300 e. The molecule has 0 aromatic rings. The summed E-state index contributed by atoms with van der Waals surface area (Å²) in [5.41, 5.74) is 1.90. The highest BCUT2D eigenvalue weighted by Crippen LogP contribution is 2.67. The molecule has 4 aliphatic carbocycles. The Bertz CT molecular complexity index is 617. The first kappa shape index (κ1) is 16.5. The Hall–Kier alpha value is -0.920. The number of ketones is 2. The summed E-state index contributed by atoms with van der Waals surface area (Å²) < 4.78 is 0. The van der Waals surface area contributed by atoms with E-state index in [4.69, 9.17) is 0 Å². The molecule has 4 aliphatic rings. The summed E-state index contributed by atoms with van der Waals surface area (Å²) in [5.74, 6) is 3.84. The van der Waals surface area contributed by atoms with Crippen LogP contribution in [-0.2, 0) is 9.59 Å². The minimum absolute atomic E-state index is 0.226. The van der Waals surface area contributed by atoms with Gasteiger partial charge < -0.3 is 0 Å². The van der Waals surface area contributed by atoms with Crippen molar-refractivity contribution in [2.24, 2.45) is 40.4 Å². The van der Waals surface area contributed by atoms with Gasteiger partial charge in [-0.3, -0.25) is 9.59 Å². The number of Topliss-reactive ketones (excluding diaryl/α,β-unsaturated/α-hetero) is 1. The van der Waals surface area contributed by atoms with Gasteiger partial charge in [-0.2, -0.15) is 0 Å². The van der Waals surface area contributed by atoms with E-state index in [0.717, 1.165) is 31.6 Å². The standard InChI is InChI=1S/C22H32O2/c1-13-11-15-12-16(24)7-9-21(15,3)19-8-10-22(4)17(14(2)23)5-6-18(22)20(13)19/h12-13,17-20H,5-11H2,1-4H3/t13-,17+,18-,19+,20-,21-,22-/m1/s1. The van der Waals surface area contributed by atoms with Crippen LogP contribution in [0.15, 0.2) is 11.6 Å². The maximum Gasteiger partial charge on any atom is 0.155 e. The Balaban J connectivity index is 1.72. The van der Waals surface area contributed by atoms with Gasteiger partial charge in [0.05, 0.1) is 0 Å². The molecule has 0 radical (unpaired) electrons. The van der Waals surface area contributed by atoms with Gasteiger partial charge in [0, 0.05) is 12.3 Å². The van der Waals surface area contributed by atoms with Gasteiger partial charge in [-0.25, -0.2) is 0 Å². The highest BCUT2D eigenvalue weighted by Gasteiger charge is 2.61. The zero-order chi connectivity index (χ0) is 17.3. The van der Waals surface area contributed by atoms with E-state index in [0.29, 0.717) is 29.3 Å². The summed E-state index contributed by atoms with van der Waals surface area (Å²) in [4.78, 5) is 24.2. The number of fused-ring (bicyclic) bond motifs is 5. The van der Waals surface area contributed by atoms with Gasteiger partial charge >= 0.3 is 0 Å². The van der Waals surface area contributed by atoms with E-state index in [2.05, 4.69) is 20.8 Å². The van der Waals surface area contributed by atoms with Crippen molar-refractivity contribution in [2.75, 3.05) is 0 Å². The molecule has 0 aromatic heterocycles. The Morgan fingerprint density at radius 2 is 1.88 bits per heavy atom. The summed E-state index contributed by atoms with van der Waals surface area (Å²) in [7, 11) is 0. The third-order valence-corrected chi connectivity index (χ3v) is 8.80. The quantitative estimate of drug-likeness (QED) is 0.681. The molecule has 3 saturated carbocycles. The predicted octanol–water partition coefficient (Wildman–Crippen LogP) is 4.97. The average Bonchev–Trinajstić information content (AvgIpc) is 2.86. The lowest BCUT2D eigenvalue weighted by atomic mass is 9.44. The van der Waals surface area contributed by atoms with Gasteiger partial charge in [0.1, 0.15) is 5.78 Å². The van der Waals surface area contributed by atoms with Crippen molar-refractivity contribution < 1.29 is 9.59 Å². The lowest BCUT2D eigenvalue weighted by Gasteiger charge is -2.60. The lowest BCUT2D eigenvalue weighted by molar-refractivity contribution is -0.130. The maximum atomic E-state index is 12.2. The van der Waals surface area contributed by atoms with Crippen molar-refractivity contribution in [2.45, 2.75) is 72.6 Å². The normalized spacial score (nSPS) is 50.6. The first-order valence-electron chi connectivity index (χ1n) is 10.0. The summed E-state index contributed by atoms with van der Waals surface area (Å²) in [5, 5.41) is 0. The average molecular weight is 328 g/mol. The van der Waals surface area contributed by atoms with Crippen molar-refractivity contribution in [1.29, 1.82) is 0 Å². The summed E-state index contributed by atoms with van der Waals surface area (Å²) in [6.07, 6.45) is 9.66. The molecule has 7 atom stereocenters. The second-order valence-corrected chi connectivity index (χ2v) is 9.81. The van der Waals surface area contributed by atoms with Gasteiger partial charge in [0.2, 0.25) is 0 Å². The molecule has 0 aromatic carbocycles. The fraction of sp³-hybridized carbons (Fsp3) is 0.818. The maximum absolute atomic E-state index is 12.2. The van der Waals surface area contributed by atoms with Crippen molar-refractivity contribution in [1.82, 2.24) is 0 Å². The second kappa shape index (κ2) is 5.29. The third kappa shape index (κ3) is 2.07. The summed E-state index contributed by atoms with van der Waals surface area (Å²) in [6, 6.07) is 0. The molecule has 0 bridgehead atoms. The lowest BCUT2D eigenvalue weighted by Crippen LogP contribution is -2.53. The Morgan fingerprint density at radius 1 is 1.12 bits per heavy atom. The van der Waals surface area contributed by atoms with Crippen LogP contribution in [0.2, 0.25) is 0 Å². The Labute approximate surface area is 146 Å². The fourth-order valence-electron chi connectivity index (χ4n) is 7.57. The van der Waals surface area contributed by atoms with Crippen molar-refractivity contribution >= 4 is 11.6 Å². The van der Waals surface area contributed by atoms with E-state index in [1.54, 1.807) is 0 Å². The molecule has 0 heterocycles. The minimum Gasteiger partial charge on any atom is -0.300 e. The molecule has 0 N–H and O–H groups in total. The fourth-order valence-corrected chi connectivity index (χ4v) is 7.57. The molecule has 2 heteroatoms. The van der Waals surface area contributed by atoms with Crippen molar-refractivity contribution in [3.8, 4) is 0 Å². The smallest absolute Gasteiger partial charge is 0.155 e. The SMILES string of the molecule is CC(=O)[C@@H]1CC[C@@H]2[C@H]3[C@H](C)CC4=CC(=O)CC[C@@]4(C)[C@H]3CC[C@@]21C. The number of hydrogen-bond donors (Lipinski definition) is 0. The second-order valence-electron chi connectivity index (χ2n) is 9.81. The number of hydrogen-bond acceptors (Lipinski definition) is 2. The Kier molecular flexibility index (Phi) is 3.64. The number of carbonyl (C=O) groups is 2. The van der Waals surface area contributed by atoms with Crippen LogP contribution >= 0.6 is 0 Å². The first-order chi connectivity index (χ1) is 11.3. The minimum atomic E-state index is 0.226. The molecule has 0 saturated heterocycles. The van der Waals surface area contributed by atoms with Crippen LogP contribution in [0.4, 0.5) is 0 Å². The first-order valence-corrected chi connectivity index (χ1v) is 10.0. The van der Waals surface area contributed by atoms with Crippen LogP contribution in [0.3, 0.4) is 0 Å². The topological polar surface area (TPSA) is 34.1 Å². The van der Waals surface area contributed by atoms with Crippen molar-refractivity contribution in [3.05, 3.63) is 11.6 Å². The molecule has 2 nitrogen and oxygen atoms in total. The van der Waals surface area contributed by atoms with Crippen LogP contribution in [-0.4, -0.2) is 11.6 Å². The molecule has 4 rings (SSSR count). The predicted molar refractivity (Wildman–Crippen MR) is 95.4 cm³/mol. The van der Waals surface area contributed by atoms with Gasteiger partial charge in [0.25, 0.3) is 0 Å². The molecule has 0 spiro atoms. The molecular weight excluding hydrogens is 296 g/mol. The van der Waals surface area contributed by atoms with E-state index in [-0.39, 0.29) is 16.7 Å². The molecule has 3 fully saturated rings. The van der Waals surface area contributed by atoms with Crippen LogP contribution < -0.4 is 0 Å². The zero-order valence-electron chi connectivity index (χ0n) is 15.7. The van der Waals surface area contributed by atoms with Gasteiger partial charge in [-0.15, -0.1) is 0 Å². The van der Waals surface area contributed by atoms with Gasteiger partial charge in [-0.05, 0) is 86.0 Å². The Morgan fingerprint density at radius 3 is 2.58 bits per heavy atom. The van der Waals surface area contributed by atoms with E-state index in [1.807, 2.05) is 13.0 Å². The van der Waals surface area contributed by atoms with Crippen molar-refractivity contribution in [3.63, 3.8) is 0 Å². The van der Waals surface area contributed by atoms with Crippen LogP contribution in [0, 0.1) is 40.4 Å². The highest BCUT2D eigenvalue weighted by atomic mass is 16.1. The van der Waals surface area contributed by atoms with E-state index < -0.39 is 0 Å². The zero-order valence-corrected chi connectivity index (χ0v) is 15.7. The molecule has 24 heavy (non-hydrogen) atoms. The van der Waals surface area contributed by atoms with Crippen LogP contribution in [0.1, 0.15) is 72.6 Å². The number of allylic oxidation sites excluding steroid dienone is 1. The monoisotopic (exact) mass is 328 g/mol. The molecule has 132 valence electrons. The molecule has 0 amide bonds. The van der Waals surface area contributed by atoms with E-state index >= 15 is 0 Å². The van der Waals surface area contributed by atoms with E-state index in [9.17, 15) is 9.59 Å². The number of rotatable bonds is 1. The molecular formula is C22H32O2. The van der Waals surface area contributed by atoms with Gasteiger partial charge in [-0.1, -0.05) is 26.3 Å². The molecule has 0 aliphatic heterocycles. The molecule has 0 unspecified atom stereocenters. The van der Waals surface area contributed by atoms with Crippen LogP contribution in [0.25, 0.3) is 0 Å². The highest BCUT2D eigenvalue weighted by molar-refractivity contribution is 5.91. The third-order valence-electron chi connectivity index (χ3n) is 8.80. The number of carbonyl (C=O) groups excluding carboxylic acids is 2. The summed E-state index contributed by atoms with van der Waals surface area (Å²) >= 11 is 0. The summed E-state index contributed by atoms with van der Waals surface area (Å²) in [6.45, 7) is 9.07. The van der Waals surface area contributed by atoms with E-state index in [1.165, 1.54) is 24.8 Å².